The van der Waals surface area contributed by atoms with Crippen LogP contribution in [-0.4, -0.2) is 0 Å². The number of fused-ring (bicyclic) bond motifs is 2. The van der Waals surface area contributed by atoms with Crippen molar-refractivity contribution in [3.05, 3.63) is 155 Å². The Bertz CT molecular complexity index is 1480. The summed E-state index contributed by atoms with van der Waals surface area (Å²) >= 11 is 0. The monoisotopic (exact) mass is 622 g/mol. The molecule has 0 nitrogen and oxygen atoms in total. The smallest absolute Gasteiger partial charge is 0.0893 e. The molecule has 0 radical (unpaired) electrons. The summed E-state index contributed by atoms with van der Waals surface area (Å²) in [5.41, 5.74) is 0. The van der Waals surface area contributed by atoms with E-state index in [9.17, 15) is 43.9 Å². The van der Waals surface area contributed by atoms with Crippen LogP contribution in [0.25, 0.3) is 21.5 Å². The quantitative estimate of drug-likeness (QED) is 0.0520. The van der Waals surface area contributed by atoms with Gasteiger partial charge in [0.25, 0.3) is 0 Å². The third-order valence-electron chi connectivity index (χ3n) is 5.08. The molecule has 0 amide bonds. The minimum Gasteiger partial charge on any atom is -0.278 e. The SMILES string of the molecule is Fc1[c-]c(F)c(F)c(F)c1F.Fc1[c-]c(F)c(F)c(F)c1F.[Ni].c1ccc2[cH-]ccc2c1.c1ccc2[cH-]ccc2c1. The van der Waals surface area contributed by atoms with Gasteiger partial charge < -0.3 is 0 Å². The van der Waals surface area contributed by atoms with E-state index in [1.807, 2.05) is 0 Å². The molecule has 0 spiro atoms. The van der Waals surface area contributed by atoms with Gasteiger partial charge in [-0.05, 0) is 0 Å². The largest absolute Gasteiger partial charge is 0.278 e. The molecule has 0 aliphatic rings. The van der Waals surface area contributed by atoms with E-state index in [2.05, 4.69) is 84.9 Å². The molecular weight excluding hydrogens is 609 g/mol. The van der Waals surface area contributed by atoms with Crippen molar-refractivity contribution in [1.82, 2.24) is 0 Å². The second-order valence-electron chi connectivity index (χ2n) is 7.70. The van der Waals surface area contributed by atoms with Gasteiger partial charge in [-0.25, -0.2) is 26.3 Å². The zero-order valence-electron chi connectivity index (χ0n) is 20.2. The predicted octanol–water partition coefficient (Wildman–Crippen LogP) is 9.48. The number of hydrogen-bond donors (Lipinski definition) is 0. The number of hydrogen-bond acceptors (Lipinski definition) is 0. The molecule has 0 unspecified atom stereocenters. The molecule has 0 aliphatic carbocycles. The summed E-state index contributed by atoms with van der Waals surface area (Å²) < 4.78 is 120. The molecule has 6 aromatic rings. The molecular formula is C30H14F10Ni-4. The fraction of sp³-hybridized carbons (Fsp3) is 0. The maximum absolute atomic E-state index is 12.0. The molecule has 0 saturated heterocycles. The van der Waals surface area contributed by atoms with E-state index in [-0.39, 0.29) is 16.5 Å². The second-order valence-corrected chi connectivity index (χ2v) is 7.70. The summed E-state index contributed by atoms with van der Waals surface area (Å²) in [6.45, 7) is 0. The molecule has 11 heteroatoms. The van der Waals surface area contributed by atoms with E-state index in [0.29, 0.717) is 0 Å². The Labute approximate surface area is 237 Å². The standard InChI is InChI=1S/2C9H7.2C6F5.Ni/c2*1-2-5-9-7-3-6-8(9)4-1;2*7-2-1-3(8)5(10)6(11)4(2)9;/h2*1-7H;;;/q4*-1;. The van der Waals surface area contributed by atoms with Crippen molar-refractivity contribution >= 4 is 21.5 Å². The molecule has 0 aliphatic heterocycles. The maximum Gasteiger partial charge on any atom is 0.0893 e. The van der Waals surface area contributed by atoms with Crippen LogP contribution in [0.2, 0.25) is 0 Å². The molecule has 6 rings (SSSR count). The van der Waals surface area contributed by atoms with Crippen molar-refractivity contribution < 1.29 is 60.4 Å². The van der Waals surface area contributed by atoms with Crippen LogP contribution in [0.5, 0.6) is 0 Å². The number of benzene rings is 4. The normalized spacial score (nSPS) is 10.0. The van der Waals surface area contributed by atoms with Gasteiger partial charge >= 0.3 is 0 Å². The van der Waals surface area contributed by atoms with Gasteiger partial charge in [-0.1, -0.05) is 12.1 Å². The summed E-state index contributed by atoms with van der Waals surface area (Å²) in [5, 5.41) is 5.32. The van der Waals surface area contributed by atoms with E-state index in [1.165, 1.54) is 21.5 Å². The van der Waals surface area contributed by atoms with E-state index >= 15 is 0 Å². The van der Waals surface area contributed by atoms with Crippen molar-refractivity contribution in [3.8, 4) is 0 Å². The first-order valence-corrected chi connectivity index (χ1v) is 11.0. The van der Waals surface area contributed by atoms with Crippen molar-refractivity contribution in [1.29, 1.82) is 0 Å². The van der Waals surface area contributed by atoms with Gasteiger partial charge in [0.1, 0.15) is 0 Å². The molecule has 0 atom stereocenters. The minimum atomic E-state index is -2.17. The van der Waals surface area contributed by atoms with Crippen LogP contribution in [0.4, 0.5) is 43.9 Å². The molecule has 0 saturated carbocycles. The van der Waals surface area contributed by atoms with Crippen molar-refractivity contribution in [3.63, 3.8) is 0 Å². The molecule has 0 fully saturated rings. The van der Waals surface area contributed by atoms with Gasteiger partial charge in [0.2, 0.25) is 0 Å². The fourth-order valence-corrected chi connectivity index (χ4v) is 3.13. The van der Waals surface area contributed by atoms with Crippen LogP contribution in [0, 0.1) is 70.3 Å². The summed E-state index contributed by atoms with van der Waals surface area (Å²) in [6, 6.07) is 31.4. The number of rotatable bonds is 0. The average molecular weight is 623 g/mol. The van der Waals surface area contributed by atoms with E-state index < -0.39 is 58.2 Å². The van der Waals surface area contributed by atoms with E-state index in [1.54, 1.807) is 0 Å². The van der Waals surface area contributed by atoms with Gasteiger partial charge in [-0.15, -0.1) is 71.4 Å². The zero-order valence-corrected chi connectivity index (χ0v) is 21.2. The zero-order chi connectivity index (χ0) is 29.4. The molecule has 0 N–H and O–H groups in total. The number of halogens is 10. The fourth-order valence-electron chi connectivity index (χ4n) is 3.13. The van der Waals surface area contributed by atoms with Gasteiger partial charge in [-0.3, -0.25) is 17.6 Å². The summed E-state index contributed by atoms with van der Waals surface area (Å²) in [4.78, 5) is 0. The Kier molecular flexibility index (Phi) is 12.1. The Morgan fingerprint density at radius 2 is 0.683 bits per heavy atom. The van der Waals surface area contributed by atoms with Crippen molar-refractivity contribution in [2.24, 2.45) is 0 Å². The van der Waals surface area contributed by atoms with Crippen LogP contribution < -0.4 is 0 Å². The molecule has 41 heavy (non-hydrogen) atoms. The van der Waals surface area contributed by atoms with Crippen LogP contribution in [0.3, 0.4) is 0 Å². The average Bonchev–Trinajstić information content (AvgIpc) is 3.64. The molecule has 0 heterocycles. The Morgan fingerprint density at radius 3 is 0.976 bits per heavy atom. The van der Waals surface area contributed by atoms with Crippen LogP contribution in [0.1, 0.15) is 0 Å². The summed E-state index contributed by atoms with van der Waals surface area (Å²) in [7, 11) is 0. The topological polar surface area (TPSA) is 0 Å². The predicted molar refractivity (Wildman–Crippen MR) is 129 cm³/mol. The minimum absolute atomic E-state index is 0. The molecule has 0 bridgehead atoms. The van der Waals surface area contributed by atoms with Crippen molar-refractivity contribution in [2.45, 2.75) is 0 Å². The van der Waals surface area contributed by atoms with Gasteiger partial charge in [-0.2, -0.15) is 35.0 Å². The molecule has 0 aromatic heterocycles. The first-order valence-electron chi connectivity index (χ1n) is 11.0. The van der Waals surface area contributed by atoms with E-state index in [4.69, 9.17) is 0 Å². The molecule has 218 valence electrons. The van der Waals surface area contributed by atoms with Gasteiger partial charge in [0.05, 0.1) is 58.2 Å². The van der Waals surface area contributed by atoms with Crippen LogP contribution in [0.15, 0.2) is 84.9 Å². The Hall–Kier alpha value is -4.11. The first kappa shape index (κ1) is 33.1. The molecule has 6 aromatic carbocycles. The third-order valence-corrected chi connectivity index (χ3v) is 5.08. The summed E-state index contributed by atoms with van der Waals surface area (Å²) in [5.74, 6) is -20.1. The van der Waals surface area contributed by atoms with Crippen LogP contribution in [-0.2, 0) is 16.5 Å². The summed E-state index contributed by atoms with van der Waals surface area (Å²) in [6.07, 6.45) is 0. The van der Waals surface area contributed by atoms with Crippen LogP contribution >= 0.6 is 0 Å². The first-order chi connectivity index (χ1) is 19.0. The van der Waals surface area contributed by atoms with Gasteiger partial charge in [0.15, 0.2) is 0 Å². The van der Waals surface area contributed by atoms with Crippen molar-refractivity contribution in [2.75, 3.05) is 0 Å². The second kappa shape index (κ2) is 15.0. The Balaban J connectivity index is 0.000000190. The maximum atomic E-state index is 12.0. The third kappa shape index (κ3) is 8.44. The van der Waals surface area contributed by atoms with Gasteiger partial charge in [0, 0.05) is 16.5 Å². The van der Waals surface area contributed by atoms with E-state index in [0.717, 1.165) is 12.1 Å². The Morgan fingerprint density at radius 1 is 0.390 bits per heavy atom.